The lowest BCUT2D eigenvalue weighted by molar-refractivity contribution is -0.121. The van der Waals surface area contributed by atoms with E-state index in [0.717, 1.165) is 18.7 Å². The van der Waals surface area contributed by atoms with Crippen molar-refractivity contribution >= 4 is 11.6 Å². The molecule has 2 atom stereocenters. The normalized spacial score (nSPS) is 23.2. The number of ether oxygens (including phenoxy) is 1. The summed E-state index contributed by atoms with van der Waals surface area (Å²) in [4.78, 5) is 14.5. The fraction of sp³-hybridized carbons (Fsp3) is 0.611. The summed E-state index contributed by atoms with van der Waals surface area (Å²) in [5.41, 5.74) is 1.53. The van der Waals surface area contributed by atoms with Crippen LogP contribution in [0.25, 0.3) is 0 Å². The number of aliphatic hydroxyl groups is 1. The van der Waals surface area contributed by atoms with E-state index >= 15 is 0 Å². The number of anilines is 1. The number of carbonyl (C=O) groups is 1. The molecule has 1 fully saturated rings. The van der Waals surface area contributed by atoms with Gasteiger partial charge in [-0.15, -0.1) is 0 Å². The van der Waals surface area contributed by atoms with Gasteiger partial charge in [-0.1, -0.05) is 26.0 Å². The highest BCUT2D eigenvalue weighted by molar-refractivity contribution is 5.94. The number of carbonyl (C=O) groups excluding carboxylic acids is 1. The van der Waals surface area contributed by atoms with Gasteiger partial charge in [-0.05, 0) is 37.0 Å². The third kappa shape index (κ3) is 4.10. The Balaban J connectivity index is 1.95. The van der Waals surface area contributed by atoms with Crippen LogP contribution in [0.2, 0.25) is 0 Å². The van der Waals surface area contributed by atoms with E-state index in [1.165, 1.54) is 5.56 Å². The molecule has 0 bridgehead atoms. The summed E-state index contributed by atoms with van der Waals surface area (Å²) in [5.74, 6) is 0.441. The van der Waals surface area contributed by atoms with Crippen LogP contribution in [-0.4, -0.2) is 54.4 Å². The molecule has 0 spiro atoms. The van der Waals surface area contributed by atoms with Crippen molar-refractivity contribution in [3.05, 3.63) is 29.8 Å². The van der Waals surface area contributed by atoms with Gasteiger partial charge in [-0.3, -0.25) is 9.69 Å². The first kappa shape index (κ1) is 17.9. The van der Waals surface area contributed by atoms with E-state index in [-0.39, 0.29) is 18.6 Å². The molecule has 1 amide bonds. The van der Waals surface area contributed by atoms with Crippen molar-refractivity contribution in [3.8, 4) is 0 Å². The van der Waals surface area contributed by atoms with Gasteiger partial charge in [-0.25, -0.2) is 0 Å². The Bertz CT molecular complexity index is 524. The lowest BCUT2D eigenvalue weighted by Crippen LogP contribution is -2.45. The molecule has 1 aliphatic rings. The van der Waals surface area contributed by atoms with Crippen LogP contribution in [0, 0.1) is 0 Å². The predicted octanol–water partition coefficient (Wildman–Crippen LogP) is 2.22. The molecule has 0 saturated carbocycles. The Labute approximate surface area is 138 Å². The van der Waals surface area contributed by atoms with Crippen LogP contribution in [0.15, 0.2) is 24.3 Å². The Morgan fingerprint density at radius 2 is 2.00 bits per heavy atom. The molecular formula is C18H28N2O3. The van der Waals surface area contributed by atoms with E-state index in [9.17, 15) is 9.90 Å². The molecule has 5 heteroatoms. The molecule has 0 aromatic heterocycles. The van der Waals surface area contributed by atoms with Gasteiger partial charge >= 0.3 is 0 Å². The molecule has 2 rings (SSSR count). The minimum Gasteiger partial charge on any atom is -0.393 e. The van der Waals surface area contributed by atoms with Gasteiger partial charge in [0.2, 0.25) is 5.91 Å². The topological polar surface area (TPSA) is 61.8 Å². The van der Waals surface area contributed by atoms with Gasteiger partial charge in [0.15, 0.2) is 0 Å². The van der Waals surface area contributed by atoms with Crippen LogP contribution in [0.1, 0.15) is 38.7 Å². The van der Waals surface area contributed by atoms with Gasteiger partial charge < -0.3 is 15.2 Å². The van der Waals surface area contributed by atoms with Crippen LogP contribution in [0.4, 0.5) is 5.69 Å². The Morgan fingerprint density at radius 1 is 1.35 bits per heavy atom. The van der Waals surface area contributed by atoms with Gasteiger partial charge in [0.25, 0.3) is 0 Å². The second-order valence-corrected chi connectivity index (χ2v) is 6.71. The van der Waals surface area contributed by atoms with Crippen LogP contribution >= 0.6 is 0 Å². The van der Waals surface area contributed by atoms with Crippen molar-refractivity contribution in [1.82, 2.24) is 4.90 Å². The summed E-state index contributed by atoms with van der Waals surface area (Å²) < 4.78 is 5.44. The highest BCUT2D eigenvalue weighted by Gasteiger charge is 2.40. The van der Waals surface area contributed by atoms with E-state index in [4.69, 9.17) is 4.74 Å². The van der Waals surface area contributed by atoms with Crippen molar-refractivity contribution in [2.24, 2.45) is 0 Å². The molecule has 1 aromatic rings. The number of amides is 1. The molecule has 1 aliphatic heterocycles. The summed E-state index contributed by atoms with van der Waals surface area (Å²) >= 11 is 0. The van der Waals surface area contributed by atoms with Crippen LogP contribution in [-0.2, 0) is 9.53 Å². The van der Waals surface area contributed by atoms with E-state index in [0.29, 0.717) is 12.5 Å². The van der Waals surface area contributed by atoms with Crippen LogP contribution in [0.5, 0.6) is 0 Å². The summed E-state index contributed by atoms with van der Waals surface area (Å²) in [7, 11) is 1.61. The number of rotatable bonds is 6. The number of nitrogens with zero attached hydrogens (tertiary/aromatic N) is 1. The molecule has 2 unspecified atom stereocenters. The SMILES string of the molecule is COC1(CO)CCN(C(C)C(=O)Nc2ccc(C(C)C)cc2)C1. The number of hydrogen-bond acceptors (Lipinski definition) is 4. The fourth-order valence-electron chi connectivity index (χ4n) is 2.93. The zero-order chi connectivity index (χ0) is 17.0. The zero-order valence-electron chi connectivity index (χ0n) is 14.5. The quantitative estimate of drug-likeness (QED) is 0.844. The second-order valence-electron chi connectivity index (χ2n) is 6.71. The minimum atomic E-state index is -0.534. The smallest absolute Gasteiger partial charge is 0.241 e. The largest absolute Gasteiger partial charge is 0.393 e. The number of aliphatic hydroxyl groups excluding tert-OH is 1. The minimum absolute atomic E-state index is 0.0228. The van der Waals surface area contributed by atoms with E-state index in [1.54, 1.807) is 7.11 Å². The highest BCUT2D eigenvalue weighted by atomic mass is 16.5. The summed E-state index contributed by atoms with van der Waals surface area (Å²) in [5, 5.41) is 12.5. The van der Waals surface area contributed by atoms with Gasteiger partial charge in [-0.2, -0.15) is 0 Å². The molecule has 1 heterocycles. The van der Waals surface area contributed by atoms with Crippen molar-refractivity contribution < 1.29 is 14.6 Å². The Morgan fingerprint density at radius 3 is 2.48 bits per heavy atom. The number of hydrogen-bond donors (Lipinski definition) is 2. The van der Waals surface area contributed by atoms with E-state index in [1.807, 2.05) is 31.2 Å². The molecule has 5 nitrogen and oxygen atoms in total. The first-order chi connectivity index (χ1) is 10.9. The predicted molar refractivity (Wildman–Crippen MR) is 91.6 cm³/mol. The molecule has 1 aromatic carbocycles. The number of methoxy groups -OCH3 is 1. The summed E-state index contributed by atoms with van der Waals surface area (Å²) in [6, 6.07) is 7.71. The molecular weight excluding hydrogens is 292 g/mol. The molecule has 0 aliphatic carbocycles. The Hall–Kier alpha value is -1.43. The number of likely N-dealkylation sites (tertiary alicyclic amines) is 1. The first-order valence-electron chi connectivity index (χ1n) is 8.21. The third-order valence-electron chi connectivity index (χ3n) is 4.84. The number of benzene rings is 1. The molecule has 2 N–H and O–H groups in total. The maximum absolute atomic E-state index is 12.4. The lowest BCUT2D eigenvalue weighted by atomic mass is 10.0. The Kier molecular flexibility index (Phi) is 5.79. The average molecular weight is 320 g/mol. The fourth-order valence-corrected chi connectivity index (χ4v) is 2.93. The molecule has 1 saturated heterocycles. The van der Waals surface area contributed by atoms with Gasteiger partial charge in [0.1, 0.15) is 5.60 Å². The standard InChI is InChI=1S/C18H28N2O3/c1-13(2)15-5-7-16(8-6-15)19-17(22)14(3)20-10-9-18(11-20,12-21)23-4/h5-8,13-14,21H,9-12H2,1-4H3,(H,19,22). The highest BCUT2D eigenvalue weighted by Crippen LogP contribution is 2.26. The second kappa shape index (κ2) is 7.43. The van der Waals surface area contributed by atoms with Crippen LogP contribution in [0.3, 0.4) is 0 Å². The summed E-state index contributed by atoms with van der Waals surface area (Å²) in [6.07, 6.45) is 0.737. The van der Waals surface area contributed by atoms with E-state index in [2.05, 4.69) is 24.1 Å². The van der Waals surface area contributed by atoms with Crippen molar-refractivity contribution in [1.29, 1.82) is 0 Å². The molecule has 0 radical (unpaired) electrons. The van der Waals surface area contributed by atoms with Gasteiger partial charge in [0.05, 0.1) is 12.6 Å². The first-order valence-corrected chi connectivity index (χ1v) is 8.21. The summed E-state index contributed by atoms with van der Waals surface area (Å²) in [6.45, 7) is 7.47. The molecule has 128 valence electrons. The number of nitrogens with one attached hydrogen (secondary N) is 1. The zero-order valence-corrected chi connectivity index (χ0v) is 14.5. The average Bonchev–Trinajstić information content (AvgIpc) is 2.99. The lowest BCUT2D eigenvalue weighted by Gasteiger charge is -2.28. The monoisotopic (exact) mass is 320 g/mol. The van der Waals surface area contributed by atoms with Crippen molar-refractivity contribution in [3.63, 3.8) is 0 Å². The molecule has 23 heavy (non-hydrogen) atoms. The van der Waals surface area contributed by atoms with Gasteiger partial charge in [0, 0.05) is 25.9 Å². The van der Waals surface area contributed by atoms with E-state index < -0.39 is 5.60 Å². The van der Waals surface area contributed by atoms with Crippen molar-refractivity contribution in [2.45, 2.75) is 44.8 Å². The van der Waals surface area contributed by atoms with Crippen LogP contribution < -0.4 is 5.32 Å². The maximum Gasteiger partial charge on any atom is 0.241 e. The maximum atomic E-state index is 12.4. The third-order valence-corrected chi connectivity index (χ3v) is 4.84. The van der Waals surface area contributed by atoms with Crippen molar-refractivity contribution in [2.75, 3.05) is 32.1 Å².